The van der Waals surface area contributed by atoms with Crippen LogP contribution in [0.2, 0.25) is 0 Å². The van der Waals surface area contributed by atoms with E-state index in [1.54, 1.807) is 20.3 Å². The fourth-order valence-corrected chi connectivity index (χ4v) is 2.73. The van der Waals surface area contributed by atoms with Gasteiger partial charge in [0.15, 0.2) is 0 Å². The zero-order chi connectivity index (χ0) is 17.1. The number of pyridine rings is 1. The van der Waals surface area contributed by atoms with Crippen LogP contribution in [0.15, 0.2) is 36.4 Å². The van der Waals surface area contributed by atoms with E-state index in [-0.39, 0.29) is 11.9 Å². The van der Waals surface area contributed by atoms with Crippen LogP contribution in [0.4, 0.5) is 0 Å². The molecular weight excluding hydrogens is 304 g/mol. The highest BCUT2D eigenvalue weighted by atomic mass is 16.5. The maximum Gasteiger partial charge on any atom is 0.273 e. The number of ether oxygens (including phenoxy) is 2. The first-order valence-electron chi connectivity index (χ1n) is 8.08. The molecule has 1 aromatic carbocycles. The predicted molar refractivity (Wildman–Crippen MR) is 91.4 cm³/mol. The quantitative estimate of drug-likeness (QED) is 0.818. The molecule has 0 spiro atoms. The molecule has 126 valence electrons. The summed E-state index contributed by atoms with van der Waals surface area (Å²) >= 11 is 0. The van der Waals surface area contributed by atoms with Crippen LogP contribution in [0.3, 0.4) is 0 Å². The minimum atomic E-state index is -0.0286. The number of rotatable bonds is 6. The summed E-state index contributed by atoms with van der Waals surface area (Å²) in [5, 5.41) is 0. The third kappa shape index (κ3) is 3.50. The molecule has 5 nitrogen and oxygen atoms in total. The van der Waals surface area contributed by atoms with E-state index in [9.17, 15) is 4.79 Å². The van der Waals surface area contributed by atoms with Gasteiger partial charge in [0, 0.05) is 29.9 Å². The summed E-state index contributed by atoms with van der Waals surface area (Å²) in [6, 6.07) is 11.5. The van der Waals surface area contributed by atoms with Gasteiger partial charge in [-0.1, -0.05) is 6.07 Å². The molecule has 5 heteroatoms. The summed E-state index contributed by atoms with van der Waals surface area (Å²) in [6.07, 6.45) is 2.08. The van der Waals surface area contributed by atoms with Crippen molar-refractivity contribution in [3.05, 3.63) is 53.3 Å². The minimum absolute atomic E-state index is 0.0286. The van der Waals surface area contributed by atoms with E-state index in [0.717, 1.165) is 35.6 Å². The first kappa shape index (κ1) is 16.3. The Morgan fingerprint density at radius 1 is 1.21 bits per heavy atom. The van der Waals surface area contributed by atoms with Gasteiger partial charge in [-0.25, -0.2) is 4.98 Å². The first-order valence-corrected chi connectivity index (χ1v) is 8.08. The predicted octanol–water partition coefficient (Wildman–Crippen LogP) is 3.21. The molecule has 1 heterocycles. The van der Waals surface area contributed by atoms with Crippen molar-refractivity contribution in [3.8, 4) is 11.5 Å². The third-order valence-corrected chi connectivity index (χ3v) is 4.19. The zero-order valence-electron chi connectivity index (χ0n) is 14.3. The van der Waals surface area contributed by atoms with Crippen molar-refractivity contribution in [2.45, 2.75) is 32.4 Å². The molecule has 0 radical (unpaired) electrons. The lowest BCUT2D eigenvalue weighted by molar-refractivity contribution is 0.0722. The normalized spacial score (nSPS) is 13.5. The van der Waals surface area contributed by atoms with Crippen molar-refractivity contribution < 1.29 is 14.3 Å². The van der Waals surface area contributed by atoms with Gasteiger partial charge in [0.1, 0.15) is 17.2 Å². The smallest absolute Gasteiger partial charge is 0.273 e. The maximum absolute atomic E-state index is 12.9. The summed E-state index contributed by atoms with van der Waals surface area (Å²) in [4.78, 5) is 19.2. The van der Waals surface area contributed by atoms with Crippen molar-refractivity contribution in [2.24, 2.45) is 0 Å². The van der Waals surface area contributed by atoms with Gasteiger partial charge in [-0.15, -0.1) is 0 Å². The van der Waals surface area contributed by atoms with E-state index in [4.69, 9.17) is 9.47 Å². The Hall–Kier alpha value is -2.56. The maximum atomic E-state index is 12.9. The number of benzene rings is 1. The first-order chi connectivity index (χ1) is 11.6. The van der Waals surface area contributed by atoms with Crippen LogP contribution in [0.1, 0.15) is 34.6 Å². The summed E-state index contributed by atoms with van der Waals surface area (Å²) < 4.78 is 10.7. The second-order valence-electron chi connectivity index (χ2n) is 6.01. The van der Waals surface area contributed by atoms with Gasteiger partial charge in [-0.2, -0.15) is 0 Å². The Balaban J connectivity index is 1.86. The largest absolute Gasteiger partial charge is 0.497 e. The molecule has 0 unspecified atom stereocenters. The molecule has 2 aromatic rings. The molecule has 1 fully saturated rings. The fraction of sp³-hybridized carbons (Fsp3) is 0.368. The van der Waals surface area contributed by atoms with Crippen molar-refractivity contribution >= 4 is 5.91 Å². The van der Waals surface area contributed by atoms with Crippen molar-refractivity contribution in [1.82, 2.24) is 9.88 Å². The standard InChI is InChI=1S/C19H22N2O3/c1-13-5-4-6-17(20-13)19(22)21(15-8-9-15)12-14-7-10-16(23-2)11-18(14)24-3/h4-7,10-11,15H,8-9,12H2,1-3H3. The summed E-state index contributed by atoms with van der Waals surface area (Å²) in [7, 11) is 3.25. The molecule has 0 saturated heterocycles. The Bertz CT molecular complexity index is 741. The van der Waals surface area contributed by atoms with E-state index in [0.29, 0.717) is 12.2 Å². The SMILES string of the molecule is COc1ccc(CN(C(=O)c2cccc(C)n2)C2CC2)c(OC)c1. The van der Waals surface area contributed by atoms with E-state index < -0.39 is 0 Å². The number of methoxy groups -OCH3 is 2. The highest BCUT2D eigenvalue weighted by molar-refractivity contribution is 5.92. The molecule has 3 rings (SSSR count). The third-order valence-electron chi connectivity index (χ3n) is 4.19. The van der Waals surface area contributed by atoms with Crippen LogP contribution in [0.25, 0.3) is 0 Å². The van der Waals surface area contributed by atoms with E-state index in [2.05, 4.69) is 4.98 Å². The second-order valence-corrected chi connectivity index (χ2v) is 6.01. The monoisotopic (exact) mass is 326 g/mol. The lowest BCUT2D eigenvalue weighted by Crippen LogP contribution is -2.33. The van der Waals surface area contributed by atoms with E-state index in [1.807, 2.05) is 42.2 Å². The molecule has 1 aromatic heterocycles. The molecule has 1 aliphatic rings. The van der Waals surface area contributed by atoms with Gasteiger partial charge in [-0.05, 0) is 44.0 Å². The van der Waals surface area contributed by atoms with Crippen LogP contribution < -0.4 is 9.47 Å². The molecule has 1 saturated carbocycles. The molecule has 0 atom stereocenters. The van der Waals surface area contributed by atoms with E-state index >= 15 is 0 Å². The Kier molecular flexibility index (Phi) is 4.69. The molecule has 0 N–H and O–H groups in total. The topological polar surface area (TPSA) is 51.7 Å². The number of hydrogen-bond acceptors (Lipinski definition) is 4. The number of hydrogen-bond donors (Lipinski definition) is 0. The highest BCUT2D eigenvalue weighted by Gasteiger charge is 2.34. The average Bonchev–Trinajstić information content (AvgIpc) is 3.44. The number of carbonyl (C=O) groups excluding carboxylic acids is 1. The van der Waals surface area contributed by atoms with Crippen LogP contribution in [-0.2, 0) is 6.54 Å². The lowest BCUT2D eigenvalue weighted by Gasteiger charge is -2.23. The summed E-state index contributed by atoms with van der Waals surface area (Å²) in [5.74, 6) is 1.43. The van der Waals surface area contributed by atoms with Crippen LogP contribution in [0.5, 0.6) is 11.5 Å². The molecule has 24 heavy (non-hydrogen) atoms. The second kappa shape index (κ2) is 6.91. The van der Waals surface area contributed by atoms with Crippen molar-refractivity contribution in [3.63, 3.8) is 0 Å². The molecule has 0 aliphatic heterocycles. The summed E-state index contributed by atoms with van der Waals surface area (Å²) in [6.45, 7) is 2.40. The van der Waals surface area contributed by atoms with Crippen LogP contribution >= 0.6 is 0 Å². The Morgan fingerprint density at radius 3 is 2.62 bits per heavy atom. The fourth-order valence-electron chi connectivity index (χ4n) is 2.73. The van der Waals surface area contributed by atoms with Crippen LogP contribution in [0, 0.1) is 6.92 Å². The molecule has 0 bridgehead atoms. The molecule has 1 aliphatic carbocycles. The van der Waals surface area contributed by atoms with Gasteiger partial charge in [0.05, 0.1) is 14.2 Å². The number of nitrogens with zero attached hydrogens (tertiary/aromatic N) is 2. The lowest BCUT2D eigenvalue weighted by atomic mass is 10.1. The highest BCUT2D eigenvalue weighted by Crippen LogP contribution is 2.32. The zero-order valence-corrected chi connectivity index (χ0v) is 14.3. The number of aryl methyl sites for hydroxylation is 1. The van der Waals surface area contributed by atoms with Crippen molar-refractivity contribution in [1.29, 1.82) is 0 Å². The summed E-state index contributed by atoms with van der Waals surface area (Å²) in [5.41, 5.74) is 2.30. The molecule has 1 amide bonds. The van der Waals surface area contributed by atoms with E-state index in [1.165, 1.54) is 0 Å². The van der Waals surface area contributed by atoms with Gasteiger partial charge in [-0.3, -0.25) is 4.79 Å². The van der Waals surface area contributed by atoms with Gasteiger partial charge >= 0.3 is 0 Å². The van der Waals surface area contributed by atoms with Gasteiger partial charge in [0.2, 0.25) is 0 Å². The minimum Gasteiger partial charge on any atom is -0.497 e. The van der Waals surface area contributed by atoms with Gasteiger partial charge < -0.3 is 14.4 Å². The Labute approximate surface area is 142 Å². The molecular formula is C19H22N2O3. The number of aromatic nitrogens is 1. The Morgan fingerprint density at radius 2 is 2.00 bits per heavy atom. The number of amides is 1. The average molecular weight is 326 g/mol. The van der Waals surface area contributed by atoms with Crippen LogP contribution in [-0.4, -0.2) is 36.1 Å². The number of carbonyl (C=O) groups is 1. The van der Waals surface area contributed by atoms with Crippen molar-refractivity contribution in [2.75, 3.05) is 14.2 Å². The van der Waals surface area contributed by atoms with Gasteiger partial charge in [0.25, 0.3) is 5.91 Å².